The van der Waals surface area contributed by atoms with Crippen LogP contribution in [0.25, 0.3) is 20.2 Å². The molecular weight excluding hydrogens is 300 g/mol. The van der Waals surface area contributed by atoms with Crippen molar-refractivity contribution in [3.63, 3.8) is 0 Å². The second-order valence-corrected chi connectivity index (χ2v) is 4.51. The number of fused-ring (bicyclic) bond motifs is 2. The first-order chi connectivity index (χ1) is 7.36. The van der Waals surface area contributed by atoms with Gasteiger partial charge in [-0.1, -0.05) is 24.3 Å². The molecule has 16 heavy (non-hydrogen) atoms. The Hall–Kier alpha value is -0.982. The van der Waals surface area contributed by atoms with Gasteiger partial charge in [-0.2, -0.15) is 0 Å². The van der Waals surface area contributed by atoms with Crippen LogP contribution in [0.15, 0.2) is 53.3 Å². The van der Waals surface area contributed by atoms with Gasteiger partial charge < -0.3 is 0 Å². The molecule has 0 aliphatic rings. The van der Waals surface area contributed by atoms with Crippen LogP contribution in [0.3, 0.4) is 0 Å². The molecule has 3 rings (SSSR count). The zero-order valence-corrected chi connectivity index (χ0v) is 11.2. The van der Waals surface area contributed by atoms with Crippen LogP contribution in [-0.2, 0) is 21.1 Å². The first kappa shape index (κ1) is 11.5. The zero-order chi connectivity index (χ0) is 10.3. The molecule has 1 nitrogen and oxygen atoms in total. The van der Waals surface area contributed by atoms with Crippen molar-refractivity contribution in [2.75, 3.05) is 0 Å². The fraction of sp³-hybridized carbons (Fsp3) is 0. The van der Waals surface area contributed by atoms with Gasteiger partial charge in [0.25, 0.3) is 0 Å². The van der Waals surface area contributed by atoms with Crippen molar-refractivity contribution in [3.8, 4) is 0 Å². The molecule has 0 fully saturated rings. The van der Waals surface area contributed by atoms with Crippen LogP contribution in [0, 0.1) is 0 Å². The molecule has 0 amide bonds. The predicted molar refractivity (Wildman–Crippen MR) is 65.6 cm³/mol. The minimum Gasteiger partial charge on any atom is -0.289 e. The third kappa shape index (κ3) is 1.72. The van der Waals surface area contributed by atoms with Gasteiger partial charge in [-0.3, -0.25) is 4.79 Å². The van der Waals surface area contributed by atoms with E-state index >= 15 is 0 Å². The molecule has 78 valence electrons. The Morgan fingerprint density at radius 3 is 1.69 bits per heavy atom. The molecule has 2 aromatic carbocycles. The summed E-state index contributed by atoms with van der Waals surface area (Å²) in [6.07, 6.45) is 0. The molecule has 0 bridgehead atoms. The van der Waals surface area contributed by atoms with Gasteiger partial charge in [0.05, 0.1) is 0 Å². The van der Waals surface area contributed by atoms with Crippen LogP contribution in [-0.4, -0.2) is 0 Å². The number of rotatable bonds is 0. The normalized spacial score (nSPS) is 10.2. The molecule has 0 radical (unpaired) electrons. The average Bonchev–Trinajstić information content (AvgIpc) is 2.30. The predicted octanol–water partition coefficient (Wildman–Crippen LogP) is 3.41. The largest absolute Gasteiger partial charge is 0.289 e. The van der Waals surface area contributed by atoms with Crippen molar-refractivity contribution in [1.82, 2.24) is 0 Å². The van der Waals surface area contributed by atoms with Gasteiger partial charge in [0, 0.05) is 41.2 Å². The second-order valence-electron chi connectivity index (χ2n) is 3.42. The molecule has 3 aromatic rings. The third-order valence-electron chi connectivity index (χ3n) is 2.48. The maximum Gasteiger partial charge on any atom is 0.195 e. The molecule has 0 atom stereocenters. The summed E-state index contributed by atoms with van der Waals surface area (Å²) >= 11 is 1.67. The minimum absolute atomic E-state index is 0. The second kappa shape index (κ2) is 4.48. The van der Waals surface area contributed by atoms with Crippen molar-refractivity contribution in [3.05, 3.63) is 58.8 Å². The zero-order valence-electron chi connectivity index (χ0n) is 8.34. The summed E-state index contributed by atoms with van der Waals surface area (Å²) in [6.45, 7) is 0. The molecule has 1 heterocycles. The maximum atomic E-state index is 12.1. The summed E-state index contributed by atoms with van der Waals surface area (Å²) in [6, 6.07) is 15.5. The number of benzene rings is 2. The Kier molecular flexibility index (Phi) is 3.22. The first-order valence-corrected chi connectivity index (χ1v) is 5.58. The van der Waals surface area contributed by atoms with Crippen LogP contribution in [0.5, 0.6) is 0 Å². The molecule has 0 aliphatic heterocycles. The van der Waals surface area contributed by atoms with Gasteiger partial charge in [-0.15, -0.1) is 11.3 Å². The molecule has 1 aromatic heterocycles. The molecule has 0 N–H and O–H groups in total. The molecule has 0 saturated heterocycles. The van der Waals surface area contributed by atoms with E-state index in [1.807, 2.05) is 48.5 Å². The van der Waals surface area contributed by atoms with E-state index in [2.05, 4.69) is 0 Å². The standard InChI is InChI=1S/C13H8OS.Mo/c14-13-9-5-1-3-7-11(9)15-12-8-4-2-6-10(12)13;/h1-8H;. The Morgan fingerprint density at radius 2 is 1.19 bits per heavy atom. The van der Waals surface area contributed by atoms with E-state index in [-0.39, 0.29) is 26.5 Å². The van der Waals surface area contributed by atoms with Crippen molar-refractivity contribution < 1.29 is 21.1 Å². The van der Waals surface area contributed by atoms with E-state index in [1.165, 1.54) is 0 Å². The average molecular weight is 308 g/mol. The van der Waals surface area contributed by atoms with Crippen LogP contribution in [0.2, 0.25) is 0 Å². The van der Waals surface area contributed by atoms with Gasteiger partial charge in [-0.25, -0.2) is 0 Å². The van der Waals surface area contributed by atoms with E-state index in [9.17, 15) is 4.79 Å². The maximum absolute atomic E-state index is 12.1. The minimum atomic E-state index is 0. The van der Waals surface area contributed by atoms with E-state index in [1.54, 1.807) is 11.3 Å². The Morgan fingerprint density at radius 1 is 0.750 bits per heavy atom. The van der Waals surface area contributed by atoms with Crippen molar-refractivity contribution in [2.24, 2.45) is 0 Å². The monoisotopic (exact) mass is 310 g/mol. The molecule has 0 saturated carbocycles. The summed E-state index contributed by atoms with van der Waals surface area (Å²) in [5, 5.41) is 1.64. The van der Waals surface area contributed by atoms with Gasteiger partial charge in [0.2, 0.25) is 0 Å². The number of hydrogen-bond acceptors (Lipinski definition) is 2. The topological polar surface area (TPSA) is 17.1 Å². The van der Waals surface area contributed by atoms with E-state index < -0.39 is 0 Å². The van der Waals surface area contributed by atoms with Gasteiger partial charge in [0.1, 0.15) is 0 Å². The SMILES string of the molecule is O=c1c2ccccc2sc2ccccc12.[Mo]. The first-order valence-electron chi connectivity index (χ1n) is 4.77. The molecule has 0 aliphatic carbocycles. The van der Waals surface area contributed by atoms with Gasteiger partial charge in [0.15, 0.2) is 5.43 Å². The summed E-state index contributed by atoms with van der Waals surface area (Å²) in [5.74, 6) is 0. The number of hydrogen-bond donors (Lipinski definition) is 0. The smallest absolute Gasteiger partial charge is 0.195 e. The fourth-order valence-corrected chi connectivity index (χ4v) is 2.82. The summed E-state index contributed by atoms with van der Waals surface area (Å²) < 4.78 is 2.11. The van der Waals surface area contributed by atoms with E-state index in [4.69, 9.17) is 0 Å². The van der Waals surface area contributed by atoms with Crippen molar-refractivity contribution in [2.45, 2.75) is 0 Å². The molecular formula is C13H8MoOS. The van der Waals surface area contributed by atoms with Gasteiger partial charge >= 0.3 is 0 Å². The summed E-state index contributed by atoms with van der Waals surface area (Å²) in [7, 11) is 0. The van der Waals surface area contributed by atoms with Crippen LogP contribution in [0.1, 0.15) is 0 Å². The summed E-state index contributed by atoms with van der Waals surface area (Å²) in [4.78, 5) is 12.1. The van der Waals surface area contributed by atoms with Crippen LogP contribution in [0.4, 0.5) is 0 Å². The van der Waals surface area contributed by atoms with Crippen molar-refractivity contribution in [1.29, 1.82) is 0 Å². The fourth-order valence-electron chi connectivity index (χ4n) is 1.75. The van der Waals surface area contributed by atoms with E-state index in [0.717, 1.165) is 20.2 Å². The Balaban J connectivity index is 0.000000963. The van der Waals surface area contributed by atoms with Crippen LogP contribution >= 0.6 is 11.3 Å². The molecule has 0 spiro atoms. The van der Waals surface area contributed by atoms with Gasteiger partial charge in [-0.05, 0) is 24.3 Å². The van der Waals surface area contributed by atoms with E-state index in [0.29, 0.717) is 0 Å². The molecule has 0 unspecified atom stereocenters. The Bertz CT molecular complexity index is 646. The quantitative estimate of drug-likeness (QED) is 0.459. The third-order valence-corrected chi connectivity index (χ3v) is 3.64. The molecule has 3 heteroatoms. The van der Waals surface area contributed by atoms with Crippen LogP contribution < -0.4 is 5.43 Å². The Labute approximate surface area is 111 Å². The summed E-state index contributed by atoms with van der Waals surface area (Å²) in [5.41, 5.74) is 0.139. The van der Waals surface area contributed by atoms with Crippen molar-refractivity contribution >= 4 is 31.5 Å².